The maximum Gasteiger partial charge on any atom is 0.260 e. The normalized spacial score (nSPS) is 14.6. The predicted octanol–water partition coefficient (Wildman–Crippen LogP) is 0.209. The van der Waals surface area contributed by atoms with Crippen molar-refractivity contribution >= 4 is 12.2 Å². The number of carbonyl (C=O) groups excluding carboxylic acids is 2. The van der Waals surface area contributed by atoms with E-state index in [9.17, 15) is 9.59 Å². The van der Waals surface area contributed by atoms with E-state index in [0.717, 1.165) is 25.9 Å². The highest BCUT2D eigenvalue weighted by Crippen LogP contribution is 2.27. The van der Waals surface area contributed by atoms with Crippen molar-refractivity contribution in [3.63, 3.8) is 0 Å². The lowest BCUT2D eigenvalue weighted by atomic mass is 10.2. The van der Waals surface area contributed by atoms with E-state index in [-0.39, 0.29) is 12.5 Å². The van der Waals surface area contributed by atoms with Crippen molar-refractivity contribution in [3.8, 4) is 11.5 Å². The van der Waals surface area contributed by atoms with Crippen LogP contribution in [-0.2, 0) is 11.3 Å². The number of nitrogens with one attached hydrogen (secondary N) is 1. The zero-order chi connectivity index (χ0) is 19.1. The molecule has 1 aliphatic rings. The average Bonchev–Trinajstić information content (AvgIpc) is 2.73. The Morgan fingerprint density at radius 3 is 2.59 bits per heavy atom. The van der Waals surface area contributed by atoms with Crippen LogP contribution in [0.4, 0.5) is 0 Å². The fourth-order valence-electron chi connectivity index (χ4n) is 3.15. The highest BCUT2D eigenvalue weighted by Gasteiger charge is 2.24. The summed E-state index contributed by atoms with van der Waals surface area (Å²) in [5.41, 5.74) is 1.76. The van der Waals surface area contributed by atoms with Crippen LogP contribution < -0.4 is 14.4 Å². The third kappa shape index (κ3) is 5.04. The molecule has 0 unspecified atom stereocenters. The molecule has 7 heteroatoms. The Kier molecular flexibility index (Phi) is 6.38. The van der Waals surface area contributed by atoms with Gasteiger partial charge < -0.3 is 19.3 Å². The lowest BCUT2D eigenvalue weighted by Crippen LogP contribution is -3.13. The fourth-order valence-corrected chi connectivity index (χ4v) is 3.15. The monoisotopic (exact) mass is 370 g/mol. The SMILES string of the molecule is COc1cc(C=O)ccc1OCC(=O)N1CC[NH+](Cc2ccncc2)CC1. The van der Waals surface area contributed by atoms with Gasteiger partial charge in [0.25, 0.3) is 5.91 Å². The van der Waals surface area contributed by atoms with Crippen molar-refractivity contribution in [1.82, 2.24) is 9.88 Å². The molecule has 2 aromatic rings. The first kappa shape index (κ1) is 18.8. The molecule has 0 saturated carbocycles. The van der Waals surface area contributed by atoms with E-state index in [1.165, 1.54) is 17.6 Å². The van der Waals surface area contributed by atoms with E-state index < -0.39 is 0 Å². The maximum atomic E-state index is 12.4. The van der Waals surface area contributed by atoms with Crippen LogP contribution in [0.15, 0.2) is 42.7 Å². The quantitative estimate of drug-likeness (QED) is 0.706. The number of amides is 1. The van der Waals surface area contributed by atoms with Crippen LogP contribution >= 0.6 is 0 Å². The number of rotatable bonds is 7. The largest absolute Gasteiger partial charge is 0.493 e. The Morgan fingerprint density at radius 1 is 1.19 bits per heavy atom. The molecular weight excluding hydrogens is 346 g/mol. The first-order valence-corrected chi connectivity index (χ1v) is 8.96. The minimum Gasteiger partial charge on any atom is -0.493 e. The number of carbonyl (C=O) groups is 2. The molecule has 7 nitrogen and oxygen atoms in total. The number of aromatic nitrogens is 1. The van der Waals surface area contributed by atoms with Crippen molar-refractivity contribution in [2.45, 2.75) is 6.54 Å². The van der Waals surface area contributed by atoms with Gasteiger partial charge in [-0.2, -0.15) is 0 Å². The van der Waals surface area contributed by atoms with E-state index in [1.54, 1.807) is 18.2 Å². The van der Waals surface area contributed by atoms with Gasteiger partial charge >= 0.3 is 0 Å². The Hall–Kier alpha value is -2.93. The van der Waals surface area contributed by atoms with E-state index in [4.69, 9.17) is 9.47 Å². The maximum absolute atomic E-state index is 12.4. The van der Waals surface area contributed by atoms with E-state index in [1.807, 2.05) is 29.4 Å². The molecule has 1 aromatic heterocycles. The number of aldehydes is 1. The first-order chi connectivity index (χ1) is 13.2. The van der Waals surface area contributed by atoms with Crippen LogP contribution in [0.5, 0.6) is 11.5 Å². The predicted molar refractivity (Wildman–Crippen MR) is 99.1 cm³/mol. The number of nitrogens with zero attached hydrogens (tertiary/aromatic N) is 2. The van der Waals surface area contributed by atoms with Gasteiger partial charge in [-0.05, 0) is 30.3 Å². The average molecular weight is 370 g/mol. The topological polar surface area (TPSA) is 73.2 Å². The summed E-state index contributed by atoms with van der Waals surface area (Å²) in [5, 5.41) is 0. The zero-order valence-corrected chi connectivity index (χ0v) is 15.4. The second-order valence-corrected chi connectivity index (χ2v) is 6.48. The smallest absolute Gasteiger partial charge is 0.260 e. The molecule has 142 valence electrons. The number of piperazine rings is 1. The van der Waals surface area contributed by atoms with Crippen LogP contribution in [0.25, 0.3) is 0 Å². The molecule has 3 rings (SSSR count). The van der Waals surface area contributed by atoms with E-state index >= 15 is 0 Å². The number of quaternary nitrogens is 1. The van der Waals surface area contributed by atoms with E-state index in [2.05, 4.69) is 4.98 Å². The third-order valence-corrected chi connectivity index (χ3v) is 4.70. The zero-order valence-electron chi connectivity index (χ0n) is 15.4. The Labute approximate surface area is 158 Å². The van der Waals surface area contributed by atoms with Gasteiger partial charge in [-0.3, -0.25) is 14.6 Å². The second kappa shape index (κ2) is 9.14. The number of pyridine rings is 1. The number of hydrogen-bond donors (Lipinski definition) is 1. The van der Waals surface area contributed by atoms with Gasteiger partial charge in [-0.15, -0.1) is 0 Å². The van der Waals surface area contributed by atoms with Gasteiger partial charge in [0.15, 0.2) is 18.1 Å². The molecule has 1 fully saturated rings. The summed E-state index contributed by atoms with van der Waals surface area (Å²) < 4.78 is 10.8. The van der Waals surface area contributed by atoms with Gasteiger partial charge in [-0.25, -0.2) is 0 Å². The number of ether oxygens (including phenoxy) is 2. The fraction of sp³-hybridized carbons (Fsp3) is 0.350. The summed E-state index contributed by atoms with van der Waals surface area (Å²) in [6.07, 6.45) is 4.36. The van der Waals surface area contributed by atoms with Gasteiger partial charge in [0.2, 0.25) is 0 Å². The van der Waals surface area contributed by atoms with Crippen molar-refractivity contribution in [2.75, 3.05) is 39.9 Å². The Morgan fingerprint density at radius 2 is 1.93 bits per heavy atom. The number of methoxy groups -OCH3 is 1. The van der Waals surface area contributed by atoms with Crippen molar-refractivity contribution < 1.29 is 24.0 Å². The minimum atomic E-state index is -0.0452. The molecule has 1 aromatic carbocycles. The van der Waals surface area contributed by atoms with Crippen LogP contribution in [-0.4, -0.2) is 62.0 Å². The molecular formula is C20H24N3O4+. The van der Waals surface area contributed by atoms with Gasteiger partial charge in [-0.1, -0.05) is 0 Å². The third-order valence-electron chi connectivity index (χ3n) is 4.70. The molecule has 0 spiro atoms. The molecule has 1 saturated heterocycles. The van der Waals surface area contributed by atoms with Crippen LogP contribution in [0.1, 0.15) is 15.9 Å². The highest BCUT2D eigenvalue weighted by molar-refractivity contribution is 5.78. The summed E-state index contributed by atoms with van der Waals surface area (Å²) >= 11 is 0. The van der Waals surface area contributed by atoms with Gasteiger partial charge in [0.1, 0.15) is 12.8 Å². The van der Waals surface area contributed by atoms with Crippen LogP contribution in [0.3, 0.4) is 0 Å². The summed E-state index contributed by atoms with van der Waals surface area (Å²) in [7, 11) is 1.50. The lowest BCUT2D eigenvalue weighted by molar-refractivity contribution is -0.917. The molecule has 0 aliphatic carbocycles. The summed E-state index contributed by atoms with van der Waals surface area (Å²) in [4.78, 5) is 30.6. The second-order valence-electron chi connectivity index (χ2n) is 6.48. The van der Waals surface area contributed by atoms with Crippen molar-refractivity contribution in [1.29, 1.82) is 0 Å². The molecule has 1 aliphatic heterocycles. The Balaban J connectivity index is 1.48. The van der Waals surface area contributed by atoms with Gasteiger partial charge in [0.05, 0.1) is 33.3 Å². The van der Waals surface area contributed by atoms with Gasteiger partial charge in [0, 0.05) is 23.5 Å². The molecule has 1 amide bonds. The summed E-state index contributed by atoms with van der Waals surface area (Å²) in [6.45, 7) is 4.14. The van der Waals surface area contributed by atoms with E-state index in [0.29, 0.717) is 30.2 Å². The molecule has 27 heavy (non-hydrogen) atoms. The molecule has 2 heterocycles. The van der Waals surface area contributed by atoms with Crippen molar-refractivity contribution in [2.24, 2.45) is 0 Å². The standard InChI is InChI=1S/C20H23N3O4/c1-26-19-12-17(14-24)2-3-18(19)27-15-20(25)23-10-8-22(9-11-23)13-16-4-6-21-7-5-16/h2-7,12,14H,8-11,13,15H2,1H3/p+1. The molecule has 1 N–H and O–H groups in total. The minimum absolute atomic E-state index is 0.0421. The summed E-state index contributed by atoms with van der Waals surface area (Å²) in [5.74, 6) is 0.858. The molecule has 0 radical (unpaired) electrons. The Bertz CT molecular complexity index is 774. The van der Waals surface area contributed by atoms with Crippen LogP contribution in [0.2, 0.25) is 0 Å². The highest BCUT2D eigenvalue weighted by atomic mass is 16.5. The number of benzene rings is 1. The number of hydrogen-bond acceptors (Lipinski definition) is 5. The first-order valence-electron chi connectivity index (χ1n) is 8.96. The lowest BCUT2D eigenvalue weighted by Gasteiger charge is -2.32. The van der Waals surface area contributed by atoms with Crippen LogP contribution in [0, 0.1) is 0 Å². The molecule has 0 bridgehead atoms. The van der Waals surface area contributed by atoms with Crippen molar-refractivity contribution in [3.05, 3.63) is 53.9 Å². The molecule has 0 atom stereocenters. The summed E-state index contributed by atoms with van der Waals surface area (Å²) in [6, 6.07) is 8.93.